The van der Waals surface area contributed by atoms with Crippen LogP contribution in [0.3, 0.4) is 0 Å². The number of likely N-dealkylation sites (tertiary alicyclic amines) is 1. The minimum absolute atomic E-state index is 0.0195. The van der Waals surface area contributed by atoms with Crippen molar-refractivity contribution < 1.29 is 4.79 Å². The van der Waals surface area contributed by atoms with Crippen molar-refractivity contribution in [1.29, 1.82) is 0 Å². The number of piperidine rings is 1. The second-order valence-corrected chi connectivity index (χ2v) is 8.81. The highest BCUT2D eigenvalue weighted by Crippen LogP contribution is 2.33. The van der Waals surface area contributed by atoms with E-state index in [1.165, 1.54) is 5.56 Å². The molecule has 0 bridgehead atoms. The van der Waals surface area contributed by atoms with Crippen LogP contribution in [0, 0.1) is 13.8 Å². The van der Waals surface area contributed by atoms with Crippen LogP contribution in [0.25, 0.3) is 11.0 Å². The maximum Gasteiger partial charge on any atom is 0.318 e. The molecule has 1 aliphatic rings. The molecular weight excluding hydrogens is 410 g/mol. The number of nitrogens with one attached hydrogen (secondary N) is 2. The molecule has 33 heavy (non-hydrogen) atoms. The van der Waals surface area contributed by atoms with Crippen LogP contribution in [0.4, 0.5) is 4.79 Å². The van der Waals surface area contributed by atoms with Crippen molar-refractivity contribution in [2.75, 3.05) is 13.1 Å². The van der Waals surface area contributed by atoms with E-state index in [-0.39, 0.29) is 12.1 Å². The van der Waals surface area contributed by atoms with Gasteiger partial charge in [-0.1, -0.05) is 60.7 Å². The van der Waals surface area contributed by atoms with Gasteiger partial charge in [0.15, 0.2) is 0 Å². The fourth-order valence-electron chi connectivity index (χ4n) is 4.81. The lowest BCUT2D eigenvalue weighted by molar-refractivity contribution is 0.179. The number of aryl methyl sites for hydroxylation is 2. The van der Waals surface area contributed by atoms with Gasteiger partial charge in [0.2, 0.25) is 0 Å². The molecule has 2 amide bonds. The number of hydrogen-bond acceptors (Lipinski definition) is 3. The minimum atomic E-state index is -0.175. The first-order chi connectivity index (χ1) is 16.1. The molecule has 6 heteroatoms. The quantitative estimate of drug-likeness (QED) is 0.456. The third kappa shape index (κ3) is 4.33. The van der Waals surface area contributed by atoms with Crippen LogP contribution in [0.5, 0.6) is 0 Å². The Morgan fingerprint density at radius 2 is 1.61 bits per heavy atom. The Bertz CT molecular complexity index is 1200. The number of pyridine rings is 1. The van der Waals surface area contributed by atoms with E-state index in [9.17, 15) is 4.79 Å². The number of nitrogens with zero attached hydrogens (tertiary/aromatic N) is 3. The van der Waals surface area contributed by atoms with Gasteiger partial charge in [0.05, 0.1) is 22.8 Å². The lowest BCUT2D eigenvalue weighted by atomic mass is 9.89. The highest BCUT2D eigenvalue weighted by atomic mass is 16.2. The van der Waals surface area contributed by atoms with Crippen LogP contribution in [-0.4, -0.2) is 39.0 Å². The summed E-state index contributed by atoms with van der Waals surface area (Å²) in [7, 11) is 0. The standard InChI is InChI=1S/C27H29N5O/c1-18-24-26(30-19(2)29-24)23(17-28-18)20-13-15-32(16-14-20)27(33)31-25(21-9-5-3-6-10-21)22-11-7-4-8-12-22/h3-12,17,20,25H,13-16H2,1-2H3,(H,29,30)(H,31,33). The number of fused-ring (bicyclic) bond motifs is 1. The summed E-state index contributed by atoms with van der Waals surface area (Å²) in [5, 5.41) is 3.27. The van der Waals surface area contributed by atoms with Crippen molar-refractivity contribution >= 4 is 17.1 Å². The zero-order chi connectivity index (χ0) is 22.8. The summed E-state index contributed by atoms with van der Waals surface area (Å²) >= 11 is 0. The van der Waals surface area contributed by atoms with Gasteiger partial charge in [-0.15, -0.1) is 0 Å². The molecule has 0 aliphatic carbocycles. The van der Waals surface area contributed by atoms with Crippen LogP contribution in [0.1, 0.15) is 53.0 Å². The lowest BCUT2D eigenvalue weighted by Crippen LogP contribution is -2.45. The van der Waals surface area contributed by atoms with Crippen LogP contribution in [0.2, 0.25) is 0 Å². The molecule has 0 atom stereocenters. The summed E-state index contributed by atoms with van der Waals surface area (Å²) < 4.78 is 0. The van der Waals surface area contributed by atoms with Gasteiger partial charge in [-0.2, -0.15) is 0 Å². The molecule has 0 saturated carbocycles. The third-order valence-corrected chi connectivity index (χ3v) is 6.61. The number of aromatic amines is 1. The predicted octanol–water partition coefficient (Wildman–Crippen LogP) is 5.25. The van der Waals surface area contributed by atoms with Crippen molar-refractivity contribution in [1.82, 2.24) is 25.2 Å². The molecule has 168 valence electrons. The number of aromatic nitrogens is 3. The van der Waals surface area contributed by atoms with E-state index in [1.807, 2.05) is 61.3 Å². The Hall–Kier alpha value is -3.67. The van der Waals surface area contributed by atoms with E-state index in [0.717, 1.165) is 46.5 Å². The number of amides is 2. The number of carbonyl (C=O) groups excluding carboxylic acids is 1. The number of H-pyrrole nitrogens is 1. The molecule has 0 unspecified atom stereocenters. The molecule has 2 aromatic carbocycles. The van der Waals surface area contributed by atoms with Crippen molar-refractivity contribution in [3.05, 3.63) is 95.1 Å². The van der Waals surface area contributed by atoms with E-state index in [2.05, 4.69) is 39.6 Å². The highest BCUT2D eigenvalue weighted by molar-refractivity contribution is 5.81. The zero-order valence-corrected chi connectivity index (χ0v) is 19.1. The first-order valence-electron chi connectivity index (χ1n) is 11.6. The Morgan fingerprint density at radius 1 is 1.00 bits per heavy atom. The summed E-state index contributed by atoms with van der Waals surface area (Å²) in [6.07, 6.45) is 3.78. The Labute approximate surface area is 194 Å². The molecule has 1 fully saturated rings. The number of rotatable bonds is 4. The Kier molecular flexibility index (Phi) is 5.82. The molecule has 5 rings (SSSR count). The first-order valence-corrected chi connectivity index (χ1v) is 11.6. The van der Waals surface area contributed by atoms with Crippen molar-refractivity contribution in [2.24, 2.45) is 0 Å². The van der Waals surface area contributed by atoms with E-state index in [1.54, 1.807) is 0 Å². The normalized spacial score (nSPS) is 14.7. The topological polar surface area (TPSA) is 73.9 Å². The number of carbonyl (C=O) groups is 1. The zero-order valence-electron chi connectivity index (χ0n) is 19.1. The molecule has 1 aliphatic heterocycles. The van der Waals surface area contributed by atoms with Crippen LogP contribution >= 0.6 is 0 Å². The van der Waals surface area contributed by atoms with Crippen molar-refractivity contribution in [3.63, 3.8) is 0 Å². The minimum Gasteiger partial charge on any atom is -0.341 e. The Balaban J connectivity index is 1.30. The van der Waals surface area contributed by atoms with Gasteiger partial charge in [-0.05, 0) is 43.7 Å². The van der Waals surface area contributed by atoms with E-state index in [4.69, 9.17) is 4.98 Å². The summed E-state index contributed by atoms with van der Waals surface area (Å²) in [5.74, 6) is 1.26. The molecular formula is C27H29N5O. The molecule has 0 spiro atoms. The molecule has 4 aromatic rings. The molecule has 3 heterocycles. The lowest BCUT2D eigenvalue weighted by Gasteiger charge is -2.33. The van der Waals surface area contributed by atoms with Gasteiger partial charge >= 0.3 is 6.03 Å². The maximum atomic E-state index is 13.2. The SMILES string of the molecule is Cc1nc2c(C3CCN(C(=O)NC(c4ccccc4)c4ccccc4)CC3)cnc(C)c2[nH]1. The maximum absolute atomic E-state index is 13.2. The third-order valence-electron chi connectivity index (χ3n) is 6.61. The number of hydrogen-bond donors (Lipinski definition) is 2. The van der Waals surface area contributed by atoms with Crippen LogP contribution in [-0.2, 0) is 0 Å². The summed E-state index contributed by atoms with van der Waals surface area (Å²) in [4.78, 5) is 27.8. The molecule has 2 aromatic heterocycles. The highest BCUT2D eigenvalue weighted by Gasteiger charge is 2.28. The molecule has 2 N–H and O–H groups in total. The smallest absolute Gasteiger partial charge is 0.318 e. The van der Waals surface area contributed by atoms with Gasteiger partial charge in [-0.3, -0.25) is 4.98 Å². The predicted molar refractivity (Wildman–Crippen MR) is 130 cm³/mol. The summed E-state index contributed by atoms with van der Waals surface area (Å²) in [6.45, 7) is 5.41. The fourth-order valence-corrected chi connectivity index (χ4v) is 4.81. The average Bonchev–Trinajstić information content (AvgIpc) is 3.26. The van der Waals surface area contributed by atoms with Gasteiger partial charge < -0.3 is 15.2 Å². The monoisotopic (exact) mass is 439 g/mol. The first kappa shape index (κ1) is 21.2. The number of benzene rings is 2. The Morgan fingerprint density at radius 3 is 2.21 bits per heavy atom. The van der Waals surface area contributed by atoms with E-state index >= 15 is 0 Å². The number of urea groups is 1. The van der Waals surface area contributed by atoms with E-state index < -0.39 is 0 Å². The van der Waals surface area contributed by atoms with Gasteiger partial charge in [-0.25, -0.2) is 9.78 Å². The fraction of sp³-hybridized carbons (Fsp3) is 0.296. The second kappa shape index (κ2) is 9.06. The van der Waals surface area contributed by atoms with Crippen LogP contribution < -0.4 is 5.32 Å². The summed E-state index contributed by atoms with van der Waals surface area (Å²) in [5.41, 5.74) is 6.36. The number of imidazole rings is 1. The molecule has 6 nitrogen and oxygen atoms in total. The van der Waals surface area contributed by atoms with Crippen molar-refractivity contribution in [3.8, 4) is 0 Å². The molecule has 0 radical (unpaired) electrons. The second-order valence-electron chi connectivity index (χ2n) is 8.81. The molecule has 1 saturated heterocycles. The van der Waals surface area contributed by atoms with Gasteiger partial charge in [0, 0.05) is 24.8 Å². The average molecular weight is 440 g/mol. The van der Waals surface area contributed by atoms with Crippen molar-refractivity contribution in [2.45, 2.75) is 38.6 Å². The largest absolute Gasteiger partial charge is 0.341 e. The summed E-state index contributed by atoms with van der Waals surface area (Å²) in [6, 6.07) is 20.1. The van der Waals surface area contributed by atoms with Gasteiger partial charge in [0.25, 0.3) is 0 Å². The van der Waals surface area contributed by atoms with Gasteiger partial charge in [0.1, 0.15) is 5.82 Å². The van der Waals surface area contributed by atoms with Crippen LogP contribution in [0.15, 0.2) is 66.9 Å². The van der Waals surface area contributed by atoms with E-state index in [0.29, 0.717) is 19.0 Å².